The minimum Gasteiger partial charge on any atom is -0.385 e. The van der Waals surface area contributed by atoms with E-state index in [2.05, 4.69) is 44.7 Å². The molecule has 1 saturated carbocycles. The van der Waals surface area contributed by atoms with Gasteiger partial charge in [0.2, 0.25) is 5.91 Å². The largest absolute Gasteiger partial charge is 0.385 e. The van der Waals surface area contributed by atoms with Crippen LogP contribution in [0.15, 0.2) is 48.5 Å². The molecule has 0 aromatic heterocycles. The van der Waals surface area contributed by atoms with Crippen molar-refractivity contribution in [3.05, 3.63) is 59.7 Å². The fourth-order valence-electron chi connectivity index (χ4n) is 4.49. The molecule has 2 amide bonds. The Hall–Kier alpha value is -2.90. The molecule has 2 fully saturated rings. The topological polar surface area (TPSA) is 73.9 Å². The van der Waals surface area contributed by atoms with Gasteiger partial charge in [-0.3, -0.25) is 14.5 Å². The van der Waals surface area contributed by atoms with E-state index >= 15 is 0 Å². The molecular formula is C27H36N4O3. The third-order valence-electron chi connectivity index (χ3n) is 6.76. The van der Waals surface area contributed by atoms with Crippen LogP contribution < -0.4 is 15.5 Å². The van der Waals surface area contributed by atoms with E-state index in [0.717, 1.165) is 64.1 Å². The Balaban J connectivity index is 1.44. The SMILES string of the molecule is COCCCNC(=O)c1cc(NC(=O)C2CCC2)ccc1N1CCN(Cc2ccccc2)CC1. The molecule has 2 aromatic carbocycles. The summed E-state index contributed by atoms with van der Waals surface area (Å²) >= 11 is 0. The van der Waals surface area contributed by atoms with Gasteiger partial charge in [0.25, 0.3) is 5.91 Å². The Morgan fingerprint density at radius 2 is 1.79 bits per heavy atom. The molecule has 2 aromatic rings. The number of nitrogens with one attached hydrogen (secondary N) is 2. The molecular weight excluding hydrogens is 428 g/mol. The number of benzene rings is 2. The second-order valence-electron chi connectivity index (χ2n) is 9.20. The van der Waals surface area contributed by atoms with E-state index in [1.165, 1.54) is 5.56 Å². The highest BCUT2D eigenvalue weighted by atomic mass is 16.5. The van der Waals surface area contributed by atoms with Gasteiger partial charge in [0, 0.05) is 70.3 Å². The van der Waals surface area contributed by atoms with Crippen LogP contribution in [0.3, 0.4) is 0 Å². The lowest BCUT2D eigenvalue weighted by atomic mass is 9.85. The molecule has 4 rings (SSSR count). The van der Waals surface area contributed by atoms with Gasteiger partial charge in [0.15, 0.2) is 0 Å². The molecule has 1 aliphatic heterocycles. The summed E-state index contributed by atoms with van der Waals surface area (Å²) in [6, 6.07) is 16.2. The van der Waals surface area contributed by atoms with Crippen LogP contribution in [0.4, 0.5) is 11.4 Å². The Kier molecular flexibility index (Phi) is 8.55. The maximum atomic E-state index is 13.1. The van der Waals surface area contributed by atoms with Gasteiger partial charge in [-0.25, -0.2) is 0 Å². The lowest BCUT2D eigenvalue weighted by molar-refractivity contribution is -0.122. The quantitative estimate of drug-likeness (QED) is 0.527. The Morgan fingerprint density at radius 3 is 2.47 bits per heavy atom. The number of methoxy groups -OCH3 is 1. The lowest BCUT2D eigenvalue weighted by Crippen LogP contribution is -2.46. The van der Waals surface area contributed by atoms with Crippen LogP contribution in [0.5, 0.6) is 0 Å². The fraction of sp³-hybridized carbons (Fsp3) is 0.481. The highest BCUT2D eigenvalue weighted by Crippen LogP contribution is 2.30. The Labute approximate surface area is 202 Å². The van der Waals surface area contributed by atoms with Crippen molar-refractivity contribution in [1.29, 1.82) is 0 Å². The van der Waals surface area contributed by atoms with Gasteiger partial charge < -0.3 is 20.3 Å². The summed E-state index contributed by atoms with van der Waals surface area (Å²) in [6.45, 7) is 5.67. The highest BCUT2D eigenvalue weighted by molar-refractivity contribution is 6.02. The third kappa shape index (κ3) is 6.36. The van der Waals surface area contributed by atoms with Crippen molar-refractivity contribution >= 4 is 23.2 Å². The van der Waals surface area contributed by atoms with Gasteiger partial charge in [-0.05, 0) is 43.0 Å². The fourth-order valence-corrected chi connectivity index (χ4v) is 4.49. The van der Waals surface area contributed by atoms with Crippen molar-refractivity contribution in [2.75, 3.05) is 56.7 Å². The number of carbonyl (C=O) groups excluding carboxylic acids is 2. The van der Waals surface area contributed by atoms with Crippen LogP contribution >= 0.6 is 0 Å². The van der Waals surface area contributed by atoms with Crippen LogP contribution in [0.1, 0.15) is 41.6 Å². The molecule has 0 spiro atoms. The molecule has 0 radical (unpaired) electrons. The number of carbonyl (C=O) groups is 2. The first-order valence-corrected chi connectivity index (χ1v) is 12.4. The second kappa shape index (κ2) is 12.0. The number of hydrogen-bond acceptors (Lipinski definition) is 5. The first-order valence-electron chi connectivity index (χ1n) is 12.4. The maximum Gasteiger partial charge on any atom is 0.253 e. The zero-order valence-corrected chi connectivity index (χ0v) is 20.1. The average molecular weight is 465 g/mol. The molecule has 7 nitrogen and oxygen atoms in total. The molecule has 1 heterocycles. The number of hydrogen-bond donors (Lipinski definition) is 2. The Bertz CT molecular complexity index is 954. The van der Waals surface area contributed by atoms with E-state index < -0.39 is 0 Å². The smallest absolute Gasteiger partial charge is 0.253 e. The van der Waals surface area contributed by atoms with Crippen molar-refractivity contribution in [2.24, 2.45) is 5.92 Å². The normalized spacial score (nSPS) is 16.7. The van der Waals surface area contributed by atoms with Gasteiger partial charge in [-0.2, -0.15) is 0 Å². The summed E-state index contributed by atoms with van der Waals surface area (Å²) < 4.78 is 5.09. The first kappa shape index (κ1) is 24.2. The van der Waals surface area contributed by atoms with Gasteiger partial charge in [-0.15, -0.1) is 0 Å². The van der Waals surface area contributed by atoms with Crippen molar-refractivity contribution in [1.82, 2.24) is 10.2 Å². The molecule has 1 saturated heterocycles. The lowest BCUT2D eigenvalue weighted by Gasteiger charge is -2.37. The predicted octanol–water partition coefficient (Wildman–Crippen LogP) is 3.51. The predicted molar refractivity (Wildman–Crippen MR) is 135 cm³/mol. The van der Waals surface area contributed by atoms with Gasteiger partial charge in [0.05, 0.1) is 5.56 Å². The van der Waals surface area contributed by atoms with Gasteiger partial charge in [0.1, 0.15) is 0 Å². The Morgan fingerprint density at radius 1 is 1.03 bits per heavy atom. The summed E-state index contributed by atoms with van der Waals surface area (Å²) in [7, 11) is 1.66. The van der Waals surface area contributed by atoms with Crippen LogP contribution in [0.2, 0.25) is 0 Å². The standard InChI is InChI=1S/C27H36N4O3/c1-34-18-6-13-28-27(33)24-19-23(29-26(32)22-9-5-10-22)11-12-25(24)31-16-14-30(15-17-31)20-21-7-3-2-4-8-21/h2-4,7-8,11-12,19,22H,5-6,9-10,13-18,20H2,1H3,(H,28,33)(H,29,32). The van der Waals surface area contributed by atoms with Crippen molar-refractivity contribution < 1.29 is 14.3 Å². The van der Waals surface area contributed by atoms with Crippen LogP contribution in [-0.2, 0) is 16.1 Å². The second-order valence-corrected chi connectivity index (χ2v) is 9.20. The number of anilines is 2. The molecule has 0 unspecified atom stereocenters. The van der Waals surface area contributed by atoms with E-state index in [0.29, 0.717) is 24.4 Å². The minimum atomic E-state index is -0.113. The summed E-state index contributed by atoms with van der Waals surface area (Å²) in [5.41, 5.74) is 3.54. The van der Waals surface area contributed by atoms with Gasteiger partial charge >= 0.3 is 0 Å². The maximum absolute atomic E-state index is 13.1. The zero-order valence-electron chi connectivity index (χ0n) is 20.1. The van der Waals surface area contributed by atoms with E-state index in [4.69, 9.17) is 4.74 Å². The summed E-state index contributed by atoms with van der Waals surface area (Å²) in [6.07, 6.45) is 3.77. The monoisotopic (exact) mass is 464 g/mol. The first-order chi connectivity index (χ1) is 16.6. The van der Waals surface area contributed by atoms with Crippen LogP contribution in [0.25, 0.3) is 0 Å². The molecule has 2 aliphatic rings. The van der Waals surface area contributed by atoms with E-state index in [1.54, 1.807) is 7.11 Å². The van der Waals surface area contributed by atoms with E-state index in [1.807, 2.05) is 24.3 Å². The summed E-state index contributed by atoms with van der Waals surface area (Å²) in [4.78, 5) is 30.3. The number of rotatable bonds is 10. The molecule has 34 heavy (non-hydrogen) atoms. The van der Waals surface area contributed by atoms with E-state index in [9.17, 15) is 9.59 Å². The number of nitrogens with zero attached hydrogens (tertiary/aromatic N) is 2. The number of piperazine rings is 1. The highest BCUT2D eigenvalue weighted by Gasteiger charge is 2.26. The minimum absolute atomic E-state index is 0.0555. The third-order valence-corrected chi connectivity index (χ3v) is 6.76. The summed E-state index contributed by atoms with van der Waals surface area (Å²) in [5.74, 6) is 0.0428. The molecule has 2 N–H and O–H groups in total. The molecule has 7 heteroatoms. The van der Waals surface area contributed by atoms with Crippen LogP contribution in [-0.4, -0.2) is 63.2 Å². The van der Waals surface area contributed by atoms with Crippen molar-refractivity contribution in [2.45, 2.75) is 32.2 Å². The number of ether oxygens (including phenoxy) is 1. The molecule has 1 aliphatic carbocycles. The van der Waals surface area contributed by atoms with Crippen molar-refractivity contribution in [3.63, 3.8) is 0 Å². The zero-order chi connectivity index (χ0) is 23.8. The molecule has 0 bridgehead atoms. The van der Waals surface area contributed by atoms with Crippen LogP contribution in [0, 0.1) is 5.92 Å². The average Bonchev–Trinajstić information content (AvgIpc) is 2.82. The summed E-state index contributed by atoms with van der Waals surface area (Å²) in [5, 5.41) is 6.03. The van der Waals surface area contributed by atoms with Crippen molar-refractivity contribution in [3.8, 4) is 0 Å². The molecule has 0 atom stereocenters. The van der Waals surface area contributed by atoms with E-state index in [-0.39, 0.29) is 17.7 Å². The molecule has 182 valence electrons. The van der Waals surface area contributed by atoms with Gasteiger partial charge in [-0.1, -0.05) is 36.8 Å². The number of amides is 2.